The second-order valence-corrected chi connectivity index (χ2v) is 9.18. The summed E-state index contributed by atoms with van der Waals surface area (Å²) in [6, 6.07) is 12.7. The molecule has 27 heavy (non-hydrogen) atoms. The number of thiophene rings is 1. The van der Waals surface area contributed by atoms with E-state index in [0.717, 1.165) is 21.8 Å². The topological polar surface area (TPSA) is 95.6 Å². The normalized spacial score (nSPS) is 11.2. The number of rotatable bonds is 9. The van der Waals surface area contributed by atoms with Gasteiger partial charge in [-0.25, -0.2) is 13.1 Å². The quantitative estimate of drug-likeness (QED) is 0.659. The molecule has 9 heteroatoms. The Bertz CT molecular complexity index is 879. The van der Waals surface area contributed by atoms with Crippen molar-refractivity contribution in [1.82, 2.24) is 14.9 Å². The molecular weight excluding hydrogens is 386 g/mol. The maximum absolute atomic E-state index is 12.3. The summed E-state index contributed by atoms with van der Waals surface area (Å²) in [6.07, 6.45) is 0.0761. The van der Waals surface area contributed by atoms with Gasteiger partial charge in [0.05, 0.1) is 6.54 Å². The molecule has 146 valence electrons. The molecule has 7 nitrogen and oxygen atoms in total. The minimum Gasteiger partial charge on any atom is -0.351 e. The molecule has 0 atom stereocenters. The van der Waals surface area contributed by atoms with Crippen LogP contribution in [0.3, 0.4) is 0 Å². The monoisotopic (exact) mass is 409 g/mol. The highest BCUT2D eigenvalue weighted by Gasteiger charge is 2.18. The lowest BCUT2D eigenvalue weighted by Crippen LogP contribution is -2.31. The van der Waals surface area contributed by atoms with Crippen LogP contribution in [0.25, 0.3) is 0 Å². The maximum atomic E-state index is 12.3. The summed E-state index contributed by atoms with van der Waals surface area (Å²) in [5, 5.41) is 2.62. The molecule has 0 saturated heterocycles. The Morgan fingerprint density at radius 1 is 1.11 bits per heavy atom. The van der Waals surface area contributed by atoms with Crippen molar-refractivity contribution < 1.29 is 18.0 Å². The van der Waals surface area contributed by atoms with E-state index in [9.17, 15) is 18.0 Å². The molecule has 0 aliphatic rings. The third kappa shape index (κ3) is 6.78. The number of carbonyl (C=O) groups is 2. The first kappa shape index (κ1) is 21.1. The fourth-order valence-electron chi connectivity index (χ4n) is 2.31. The van der Waals surface area contributed by atoms with Gasteiger partial charge in [-0.05, 0) is 17.7 Å². The lowest BCUT2D eigenvalue weighted by Gasteiger charge is -2.17. The highest BCUT2D eigenvalue weighted by Crippen LogP contribution is 2.21. The van der Waals surface area contributed by atoms with Crippen LogP contribution in [0, 0.1) is 0 Å². The maximum Gasteiger partial charge on any atom is 0.250 e. The van der Waals surface area contributed by atoms with Gasteiger partial charge in [0.1, 0.15) is 4.21 Å². The Labute approximate surface area is 163 Å². The van der Waals surface area contributed by atoms with Gasteiger partial charge in [0, 0.05) is 38.4 Å². The summed E-state index contributed by atoms with van der Waals surface area (Å²) in [7, 11) is -1.98. The van der Waals surface area contributed by atoms with Gasteiger partial charge in [0.15, 0.2) is 0 Å². The molecule has 0 bridgehead atoms. The summed E-state index contributed by atoms with van der Waals surface area (Å²) in [6.45, 7) is 2.19. The van der Waals surface area contributed by atoms with E-state index in [1.54, 1.807) is 18.0 Å². The molecule has 1 heterocycles. The van der Waals surface area contributed by atoms with Crippen molar-refractivity contribution in [3.05, 3.63) is 52.9 Å². The Balaban J connectivity index is 1.82. The number of benzene rings is 1. The minimum absolute atomic E-state index is 0.0270. The number of hydrogen-bond donors (Lipinski definition) is 2. The predicted octanol–water partition coefficient (Wildman–Crippen LogP) is 1.71. The van der Waals surface area contributed by atoms with Gasteiger partial charge >= 0.3 is 0 Å². The number of sulfonamides is 1. The number of amides is 2. The largest absolute Gasteiger partial charge is 0.351 e. The third-order valence-corrected chi connectivity index (χ3v) is 6.77. The van der Waals surface area contributed by atoms with Crippen molar-refractivity contribution in [2.75, 3.05) is 13.6 Å². The minimum atomic E-state index is -3.67. The molecule has 0 unspecified atom stereocenters. The Hall–Kier alpha value is -2.23. The highest BCUT2D eigenvalue weighted by atomic mass is 32.2. The van der Waals surface area contributed by atoms with Crippen molar-refractivity contribution in [2.45, 2.75) is 30.6 Å². The van der Waals surface area contributed by atoms with Crippen LogP contribution in [0.15, 0.2) is 46.7 Å². The molecule has 0 radical (unpaired) electrons. The number of nitrogens with zero attached hydrogens (tertiary/aromatic N) is 1. The number of hydrogen-bond acceptors (Lipinski definition) is 5. The van der Waals surface area contributed by atoms with Crippen molar-refractivity contribution in [3.63, 3.8) is 0 Å². The third-order valence-electron chi connectivity index (χ3n) is 3.73. The first-order valence-corrected chi connectivity index (χ1v) is 10.7. The van der Waals surface area contributed by atoms with Crippen LogP contribution in [-0.4, -0.2) is 38.7 Å². The van der Waals surface area contributed by atoms with E-state index in [-0.39, 0.29) is 35.5 Å². The van der Waals surface area contributed by atoms with Crippen LogP contribution >= 0.6 is 11.3 Å². The summed E-state index contributed by atoms with van der Waals surface area (Å²) in [5.74, 6) is -0.317. The van der Waals surface area contributed by atoms with E-state index < -0.39 is 10.0 Å². The van der Waals surface area contributed by atoms with Crippen LogP contribution in [0.1, 0.15) is 23.8 Å². The van der Waals surface area contributed by atoms with Crippen molar-refractivity contribution in [2.24, 2.45) is 0 Å². The van der Waals surface area contributed by atoms with Gasteiger partial charge in [-0.15, -0.1) is 11.3 Å². The molecule has 0 aliphatic carbocycles. The first-order chi connectivity index (χ1) is 12.8. The van der Waals surface area contributed by atoms with Crippen molar-refractivity contribution >= 4 is 33.2 Å². The fourth-order valence-corrected chi connectivity index (χ4v) is 4.68. The first-order valence-electron chi connectivity index (χ1n) is 8.38. The van der Waals surface area contributed by atoms with Crippen molar-refractivity contribution in [3.8, 4) is 0 Å². The van der Waals surface area contributed by atoms with E-state index in [1.165, 1.54) is 13.0 Å². The smallest absolute Gasteiger partial charge is 0.250 e. The zero-order valence-corrected chi connectivity index (χ0v) is 16.9. The van der Waals surface area contributed by atoms with Crippen LogP contribution in [-0.2, 0) is 32.7 Å². The predicted molar refractivity (Wildman–Crippen MR) is 105 cm³/mol. The number of nitrogens with one attached hydrogen (secondary N) is 2. The SMILES string of the molecule is CC(=O)NCc1ccc(S(=O)(=O)NCCC(=O)N(C)Cc2ccccc2)s1. The summed E-state index contributed by atoms with van der Waals surface area (Å²) >= 11 is 1.09. The summed E-state index contributed by atoms with van der Waals surface area (Å²) < 4.78 is 27.2. The lowest BCUT2D eigenvalue weighted by atomic mass is 10.2. The molecule has 1 aromatic heterocycles. The molecule has 2 amide bonds. The van der Waals surface area contributed by atoms with Crippen LogP contribution < -0.4 is 10.0 Å². The molecule has 0 saturated carbocycles. The van der Waals surface area contributed by atoms with Gasteiger partial charge in [0.2, 0.25) is 21.8 Å². The van der Waals surface area contributed by atoms with Crippen LogP contribution in [0.2, 0.25) is 0 Å². The molecule has 2 rings (SSSR count). The molecule has 1 aromatic carbocycles. The molecule has 0 aliphatic heterocycles. The van der Waals surface area contributed by atoms with Crippen LogP contribution in [0.4, 0.5) is 0 Å². The van der Waals surface area contributed by atoms with E-state index in [0.29, 0.717) is 6.54 Å². The molecule has 0 spiro atoms. The van der Waals surface area contributed by atoms with E-state index in [2.05, 4.69) is 10.0 Å². The standard InChI is InChI=1S/C18H23N3O4S2/c1-14(22)19-12-16-8-9-18(26-16)27(24,25)20-11-10-17(23)21(2)13-15-6-4-3-5-7-15/h3-9,20H,10-13H2,1-2H3,(H,19,22). The van der Waals surface area contributed by atoms with E-state index >= 15 is 0 Å². The van der Waals surface area contributed by atoms with Gasteiger partial charge in [-0.3, -0.25) is 9.59 Å². The molecule has 2 aromatic rings. The molecular formula is C18H23N3O4S2. The average Bonchev–Trinajstić information content (AvgIpc) is 3.10. The van der Waals surface area contributed by atoms with Crippen LogP contribution in [0.5, 0.6) is 0 Å². The summed E-state index contributed by atoms with van der Waals surface area (Å²) in [5.41, 5.74) is 1.01. The Morgan fingerprint density at radius 3 is 2.48 bits per heavy atom. The average molecular weight is 410 g/mol. The molecule has 2 N–H and O–H groups in total. The second kappa shape index (κ2) is 9.63. The second-order valence-electron chi connectivity index (χ2n) is 6.01. The zero-order chi connectivity index (χ0) is 19.9. The van der Waals surface area contributed by atoms with Crippen molar-refractivity contribution in [1.29, 1.82) is 0 Å². The van der Waals surface area contributed by atoms with Gasteiger partial charge in [-0.2, -0.15) is 0 Å². The molecule has 0 fully saturated rings. The van der Waals surface area contributed by atoms with Gasteiger partial charge < -0.3 is 10.2 Å². The fraction of sp³-hybridized carbons (Fsp3) is 0.333. The van der Waals surface area contributed by atoms with Gasteiger partial charge in [-0.1, -0.05) is 30.3 Å². The van der Waals surface area contributed by atoms with E-state index in [4.69, 9.17) is 0 Å². The van der Waals surface area contributed by atoms with Gasteiger partial charge in [0.25, 0.3) is 0 Å². The zero-order valence-electron chi connectivity index (χ0n) is 15.3. The number of carbonyl (C=O) groups excluding carboxylic acids is 2. The lowest BCUT2D eigenvalue weighted by molar-refractivity contribution is -0.130. The Kier molecular flexibility index (Phi) is 7.52. The Morgan fingerprint density at radius 2 is 1.81 bits per heavy atom. The summed E-state index contributed by atoms with van der Waals surface area (Å²) in [4.78, 5) is 25.4. The highest BCUT2D eigenvalue weighted by molar-refractivity contribution is 7.91. The van der Waals surface area contributed by atoms with E-state index in [1.807, 2.05) is 30.3 Å².